The second-order valence-corrected chi connectivity index (χ2v) is 7.89. The monoisotopic (exact) mass is 420 g/mol. The second kappa shape index (κ2) is 12.6. The van der Waals surface area contributed by atoms with Crippen molar-refractivity contribution in [3.05, 3.63) is 0 Å². The Balaban J connectivity index is 5.23. The Morgan fingerprint density at radius 3 is 1.96 bits per heavy atom. The first kappa shape index (κ1) is 26.1. The summed E-state index contributed by atoms with van der Waals surface area (Å²) in [5, 5.41) is 25.8. The van der Waals surface area contributed by atoms with E-state index in [2.05, 4.69) is 16.0 Å². The smallest absolute Gasteiger partial charge is 0.325 e. The van der Waals surface area contributed by atoms with Gasteiger partial charge in [-0.15, -0.1) is 0 Å². The Kier molecular flexibility index (Phi) is 11.7. The molecule has 0 heterocycles. The van der Waals surface area contributed by atoms with Gasteiger partial charge < -0.3 is 31.9 Å². The number of hydrogen-bond donors (Lipinski definition) is 6. The third kappa shape index (κ3) is 8.89. The number of amides is 3. The molecule has 0 aromatic carbocycles. The van der Waals surface area contributed by atoms with Gasteiger partial charge in [-0.05, 0) is 38.2 Å². The van der Waals surface area contributed by atoms with Crippen LogP contribution in [-0.2, 0) is 19.2 Å². The second-order valence-electron chi connectivity index (χ2n) is 6.91. The summed E-state index contributed by atoms with van der Waals surface area (Å²) in [4.78, 5) is 48.1. The van der Waals surface area contributed by atoms with E-state index in [9.17, 15) is 24.3 Å². The fourth-order valence-corrected chi connectivity index (χ4v) is 2.62. The van der Waals surface area contributed by atoms with E-state index in [4.69, 9.17) is 10.8 Å². The molecule has 0 fully saturated rings. The summed E-state index contributed by atoms with van der Waals surface area (Å²) in [7, 11) is 0. The normalized spacial score (nSPS) is 16.4. The zero-order valence-electron chi connectivity index (χ0n) is 16.9. The van der Waals surface area contributed by atoms with Crippen LogP contribution in [0.2, 0.25) is 0 Å². The fourth-order valence-electron chi connectivity index (χ4n) is 2.15. The van der Waals surface area contributed by atoms with Crippen LogP contribution in [0.4, 0.5) is 0 Å². The molecular formula is C17H32N4O6S. The summed E-state index contributed by atoms with van der Waals surface area (Å²) < 4.78 is 0. The largest absolute Gasteiger partial charge is 0.480 e. The lowest BCUT2D eigenvalue weighted by Crippen LogP contribution is -2.59. The number of thioether (sulfide) groups is 1. The molecule has 0 spiro atoms. The van der Waals surface area contributed by atoms with Crippen LogP contribution >= 0.6 is 11.8 Å². The summed E-state index contributed by atoms with van der Waals surface area (Å²) in [6, 6.07) is -4.23. The molecule has 0 saturated heterocycles. The zero-order valence-corrected chi connectivity index (χ0v) is 17.7. The van der Waals surface area contributed by atoms with Crippen molar-refractivity contribution in [2.24, 2.45) is 11.7 Å². The van der Waals surface area contributed by atoms with Crippen molar-refractivity contribution in [3.8, 4) is 0 Å². The molecular weight excluding hydrogens is 388 g/mol. The highest BCUT2D eigenvalue weighted by Crippen LogP contribution is 2.07. The van der Waals surface area contributed by atoms with Crippen molar-refractivity contribution in [3.63, 3.8) is 0 Å². The number of carbonyl (C=O) groups is 4. The van der Waals surface area contributed by atoms with Crippen LogP contribution in [0.5, 0.6) is 0 Å². The average molecular weight is 421 g/mol. The molecule has 0 aliphatic rings. The van der Waals surface area contributed by atoms with Crippen LogP contribution in [0.15, 0.2) is 0 Å². The van der Waals surface area contributed by atoms with E-state index in [0.29, 0.717) is 5.75 Å². The van der Waals surface area contributed by atoms with Crippen molar-refractivity contribution in [2.75, 3.05) is 12.0 Å². The third-order valence-corrected chi connectivity index (χ3v) is 4.69. The van der Waals surface area contributed by atoms with Crippen molar-refractivity contribution in [1.29, 1.82) is 0 Å². The number of rotatable bonds is 12. The fraction of sp³-hybridized carbons (Fsp3) is 0.765. The van der Waals surface area contributed by atoms with Crippen molar-refractivity contribution in [1.82, 2.24) is 16.0 Å². The van der Waals surface area contributed by atoms with Crippen LogP contribution in [0.1, 0.15) is 34.1 Å². The highest BCUT2D eigenvalue weighted by atomic mass is 32.2. The number of hydrogen-bond acceptors (Lipinski definition) is 7. The average Bonchev–Trinajstić information content (AvgIpc) is 2.61. The van der Waals surface area contributed by atoms with Gasteiger partial charge in [-0.25, -0.2) is 0 Å². The van der Waals surface area contributed by atoms with Gasteiger partial charge in [-0.3, -0.25) is 19.2 Å². The molecule has 0 radical (unpaired) electrons. The third-order valence-electron chi connectivity index (χ3n) is 4.04. The molecule has 7 N–H and O–H groups in total. The minimum absolute atomic E-state index is 0.289. The molecule has 0 aliphatic heterocycles. The molecule has 0 saturated carbocycles. The standard InChI is InChI=1S/C17H32N4O6S/c1-8(2)13(21-15(24)12(18)10(4)22)16(25)20-11(6-7-28-5)14(23)19-9(3)17(26)27/h8-13,22H,6-7,18H2,1-5H3,(H,19,23)(H,20,25)(H,21,24)(H,26,27). The van der Waals surface area contributed by atoms with E-state index >= 15 is 0 Å². The maximum Gasteiger partial charge on any atom is 0.325 e. The number of nitrogens with one attached hydrogen (secondary N) is 3. The van der Waals surface area contributed by atoms with Gasteiger partial charge in [0.25, 0.3) is 0 Å². The number of aliphatic hydroxyl groups excluding tert-OH is 1. The Morgan fingerprint density at radius 2 is 1.54 bits per heavy atom. The number of carbonyl (C=O) groups excluding carboxylic acids is 3. The van der Waals surface area contributed by atoms with E-state index in [0.717, 1.165) is 0 Å². The minimum Gasteiger partial charge on any atom is -0.480 e. The van der Waals surface area contributed by atoms with Gasteiger partial charge in [-0.1, -0.05) is 13.8 Å². The number of carboxylic acid groups (broad SMARTS) is 1. The van der Waals surface area contributed by atoms with Crippen LogP contribution in [0, 0.1) is 5.92 Å². The molecule has 0 aromatic heterocycles. The molecule has 0 aliphatic carbocycles. The Hall–Kier alpha value is -1.85. The first-order valence-electron chi connectivity index (χ1n) is 8.98. The van der Waals surface area contributed by atoms with Gasteiger partial charge in [0, 0.05) is 0 Å². The quantitative estimate of drug-likeness (QED) is 0.225. The summed E-state index contributed by atoms with van der Waals surface area (Å²) in [6.07, 6.45) is 1.04. The van der Waals surface area contributed by atoms with Gasteiger partial charge in [0.15, 0.2) is 0 Å². The lowest BCUT2D eigenvalue weighted by molar-refractivity contribution is -0.141. The Bertz CT molecular complexity index is 558. The number of carboxylic acids is 1. The lowest BCUT2D eigenvalue weighted by atomic mass is 10.0. The number of nitrogens with two attached hydrogens (primary N) is 1. The summed E-state index contributed by atoms with van der Waals surface area (Å²) in [5.41, 5.74) is 5.59. The van der Waals surface area contributed by atoms with Gasteiger partial charge in [0.1, 0.15) is 24.2 Å². The number of aliphatic carboxylic acids is 1. The van der Waals surface area contributed by atoms with Crippen LogP contribution in [-0.4, -0.2) is 76.2 Å². The summed E-state index contributed by atoms with van der Waals surface area (Å²) in [5.74, 6) is -2.84. The van der Waals surface area contributed by atoms with Crippen LogP contribution < -0.4 is 21.7 Å². The minimum atomic E-state index is -1.19. The summed E-state index contributed by atoms with van der Waals surface area (Å²) in [6.45, 7) is 6.10. The van der Waals surface area contributed by atoms with Gasteiger partial charge in [0.2, 0.25) is 17.7 Å². The maximum atomic E-state index is 12.7. The van der Waals surface area contributed by atoms with E-state index in [-0.39, 0.29) is 12.3 Å². The van der Waals surface area contributed by atoms with E-state index in [1.54, 1.807) is 13.8 Å². The highest BCUT2D eigenvalue weighted by Gasteiger charge is 2.31. The van der Waals surface area contributed by atoms with Crippen LogP contribution in [0.3, 0.4) is 0 Å². The molecule has 162 valence electrons. The van der Waals surface area contributed by atoms with Gasteiger partial charge in [0.05, 0.1) is 6.10 Å². The van der Waals surface area contributed by atoms with Gasteiger partial charge >= 0.3 is 5.97 Å². The molecule has 28 heavy (non-hydrogen) atoms. The number of aliphatic hydroxyl groups is 1. The first-order valence-corrected chi connectivity index (χ1v) is 10.4. The molecule has 11 heteroatoms. The molecule has 0 bridgehead atoms. The van der Waals surface area contributed by atoms with Crippen molar-refractivity contribution in [2.45, 2.75) is 64.4 Å². The predicted octanol–water partition coefficient (Wildman–Crippen LogP) is -1.34. The summed E-state index contributed by atoms with van der Waals surface area (Å²) >= 11 is 1.47. The molecule has 5 unspecified atom stereocenters. The van der Waals surface area contributed by atoms with Crippen molar-refractivity contribution < 1.29 is 29.4 Å². The van der Waals surface area contributed by atoms with Gasteiger partial charge in [-0.2, -0.15) is 11.8 Å². The zero-order chi connectivity index (χ0) is 22.0. The Morgan fingerprint density at radius 1 is 0.964 bits per heavy atom. The lowest BCUT2D eigenvalue weighted by Gasteiger charge is -2.27. The van der Waals surface area contributed by atoms with E-state index in [1.165, 1.54) is 25.6 Å². The molecule has 0 rings (SSSR count). The Labute approximate surface area is 169 Å². The highest BCUT2D eigenvalue weighted by molar-refractivity contribution is 7.98. The first-order chi connectivity index (χ1) is 12.9. The topological polar surface area (TPSA) is 171 Å². The predicted molar refractivity (Wildman–Crippen MR) is 107 cm³/mol. The maximum absolute atomic E-state index is 12.7. The van der Waals surface area contributed by atoms with Crippen molar-refractivity contribution >= 4 is 35.5 Å². The molecule has 0 aromatic rings. The molecule has 3 amide bonds. The SMILES string of the molecule is CSCCC(NC(=O)C(NC(=O)C(N)C(C)O)C(C)C)C(=O)NC(C)C(=O)O. The molecule has 10 nitrogen and oxygen atoms in total. The van der Waals surface area contributed by atoms with Crippen LogP contribution in [0.25, 0.3) is 0 Å². The van der Waals surface area contributed by atoms with E-state index in [1.807, 2.05) is 6.26 Å². The van der Waals surface area contributed by atoms with E-state index < -0.39 is 54.0 Å². The molecule has 5 atom stereocenters.